The van der Waals surface area contributed by atoms with Crippen LogP contribution in [0.3, 0.4) is 0 Å². The molecule has 2 aromatic heterocycles. The van der Waals surface area contributed by atoms with Gasteiger partial charge in [0.25, 0.3) is 5.91 Å². The molecule has 2 unspecified atom stereocenters. The summed E-state index contributed by atoms with van der Waals surface area (Å²) in [5.74, 6) is -0.0237. The number of hydrogen-bond donors (Lipinski definition) is 1. The van der Waals surface area contributed by atoms with Crippen LogP contribution in [0.1, 0.15) is 35.3 Å². The maximum Gasteiger partial charge on any atom is 0.417 e. The minimum Gasteiger partial charge on any atom is -0.330 e. The van der Waals surface area contributed by atoms with Crippen molar-refractivity contribution in [1.82, 2.24) is 30.2 Å². The fourth-order valence-electron chi connectivity index (χ4n) is 3.61. The number of fused-ring (bicyclic) bond motifs is 2. The topological polar surface area (TPSA) is 75.9 Å². The van der Waals surface area contributed by atoms with Crippen LogP contribution in [0, 0.1) is 0 Å². The molecule has 2 aliphatic rings. The zero-order valence-corrected chi connectivity index (χ0v) is 16.2. The number of carbonyl (C=O) groups excluding carboxylic acids is 1. The molecule has 2 aromatic rings. The molecule has 1 amide bonds. The number of aromatic nitrogens is 4. The van der Waals surface area contributed by atoms with Gasteiger partial charge >= 0.3 is 6.18 Å². The standard InChI is InChI=1S/C16H17F3N6O.2ClH/c17-16(18,19)10-1-4-14(21-7-10)24-9-13(22-23-24)15(26)25-11-2-3-12(25)8-20-6-5-11;;/h1,4,7,9,11-12,20H,2-3,5-6,8H2;2*1H. The first-order chi connectivity index (χ1) is 12.4. The summed E-state index contributed by atoms with van der Waals surface area (Å²) in [6.45, 7) is 1.64. The second kappa shape index (κ2) is 8.62. The van der Waals surface area contributed by atoms with Gasteiger partial charge in [0.1, 0.15) is 0 Å². The van der Waals surface area contributed by atoms with E-state index in [-0.39, 0.29) is 54.3 Å². The number of halogens is 5. The number of pyridine rings is 1. The molecular weight excluding hydrogens is 420 g/mol. The molecule has 1 N–H and O–H groups in total. The summed E-state index contributed by atoms with van der Waals surface area (Å²) in [6.07, 6.45) is 0.533. The predicted molar refractivity (Wildman–Crippen MR) is 99.1 cm³/mol. The molecule has 2 aliphatic heterocycles. The first-order valence-electron chi connectivity index (χ1n) is 8.43. The number of nitrogens with zero attached hydrogens (tertiary/aromatic N) is 5. The summed E-state index contributed by atoms with van der Waals surface area (Å²) >= 11 is 0. The Balaban J connectivity index is 0.00000140. The minimum absolute atomic E-state index is 0. The summed E-state index contributed by atoms with van der Waals surface area (Å²) in [6, 6.07) is 2.46. The van der Waals surface area contributed by atoms with Crippen LogP contribution in [0.4, 0.5) is 13.2 Å². The van der Waals surface area contributed by atoms with Crippen LogP contribution in [0.5, 0.6) is 0 Å². The van der Waals surface area contributed by atoms with Crippen molar-refractivity contribution in [2.45, 2.75) is 37.5 Å². The molecule has 7 nitrogen and oxygen atoms in total. The lowest BCUT2D eigenvalue weighted by atomic mass is 10.1. The lowest BCUT2D eigenvalue weighted by Crippen LogP contribution is -2.42. The number of carbonyl (C=O) groups is 1. The lowest BCUT2D eigenvalue weighted by Gasteiger charge is -2.26. The first kappa shape index (κ1) is 22.4. The van der Waals surface area contributed by atoms with Crippen molar-refractivity contribution in [3.8, 4) is 5.82 Å². The Morgan fingerprint density at radius 3 is 2.57 bits per heavy atom. The van der Waals surface area contributed by atoms with Crippen molar-refractivity contribution < 1.29 is 18.0 Å². The van der Waals surface area contributed by atoms with E-state index in [1.807, 2.05) is 4.90 Å². The van der Waals surface area contributed by atoms with Crippen molar-refractivity contribution in [2.75, 3.05) is 13.1 Å². The van der Waals surface area contributed by atoms with Crippen LogP contribution in [0.15, 0.2) is 24.5 Å². The van der Waals surface area contributed by atoms with E-state index in [1.54, 1.807) is 0 Å². The van der Waals surface area contributed by atoms with Gasteiger partial charge in [-0.25, -0.2) is 9.67 Å². The average Bonchev–Trinajstić information content (AvgIpc) is 3.17. The fraction of sp³-hybridized carbons (Fsp3) is 0.500. The maximum absolute atomic E-state index is 12.9. The highest BCUT2D eigenvalue weighted by Gasteiger charge is 2.39. The Kier molecular flexibility index (Phi) is 6.89. The molecule has 0 radical (unpaired) electrons. The predicted octanol–water partition coefficient (Wildman–Crippen LogP) is 2.49. The van der Waals surface area contributed by atoms with Gasteiger partial charge in [-0.3, -0.25) is 4.79 Å². The highest BCUT2D eigenvalue weighted by molar-refractivity contribution is 5.92. The Bertz CT molecular complexity index is 799. The first-order valence-corrected chi connectivity index (χ1v) is 8.43. The van der Waals surface area contributed by atoms with Gasteiger partial charge < -0.3 is 10.2 Å². The molecule has 154 valence electrons. The zero-order valence-electron chi connectivity index (χ0n) is 14.6. The van der Waals surface area contributed by atoms with Crippen molar-refractivity contribution in [3.63, 3.8) is 0 Å². The molecule has 0 saturated carbocycles. The second-order valence-electron chi connectivity index (χ2n) is 6.54. The van der Waals surface area contributed by atoms with Crippen molar-refractivity contribution in [1.29, 1.82) is 0 Å². The minimum atomic E-state index is -4.45. The zero-order chi connectivity index (χ0) is 18.3. The van der Waals surface area contributed by atoms with E-state index in [9.17, 15) is 18.0 Å². The van der Waals surface area contributed by atoms with Crippen LogP contribution < -0.4 is 5.32 Å². The molecule has 12 heteroatoms. The normalized spacial score (nSPS) is 21.5. The molecule has 4 heterocycles. The monoisotopic (exact) mass is 438 g/mol. The van der Waals surface area contributed by atoms with Crippen LogP contribution in [-0.4, -0.2) is 56.0 Å². The highest BCUT2D eigenvalue weighted by Crippen LogP contribution is 2.30. The summed E-state index contributed by atoms with van der Waals surface area (Å²) in [5, 5.41) is 11.1. The van der Waals surface area contributed by atoms with Crippen LogP contribution in [0.2, 0.25) is 0 Å². The number of alkyl halides is 3. The molecule has 2 atom stereocenters. The lowest BCUT2D eigenvalue weighted by molar-refractivity contribution is -0.137. The summed E-state index contributed by atoms with van der Waals surface area (Å²) < 4.78 is 39.1. The van der Waals surface area contributed by atoms with E-state index in [2.05, 4.69) is 20.6 Å². The molecule has 0 aromatic carbocycles. The molecule has 28 heavy (non-hydrogen) atoms. The number of rotatable bonds is 2. The summed E-state index contributed by atoms with van der Waals surface area (Å²) in [7, 11) is 0. The molecule has 2 bridgehead atoms. The van der Waals surface area contributed by atoms with Gasteiger partial charge in [0, 0.05) is 24.8 Å². The molecule has 0 aliphatic carbocycles. The van der Waals surface area contributed by atoms with Gasteiger partial charge in [-0.1, -0.05) is 5.21 Å². The third kappa shape index (κ3) is 4.23. The van der Waals surface area contributed by atoms with E-state index < -0.39 is 11.7 Å². The fourth-order valence-corrected chi connectivity index (χ4v) is 3.61. The molecule has 0 spiro atoms. The van der Waals surface area contributed by atoms with Gasteiger partial charge in [-0.05, 0) is 37.9 Å². The van der Waals surface area contributed by atoms with Crippen LogP contribution >= 0.6 is 24.8 Å². The van der Waals surface area contributed by atoms with E-state index in [0.29, 0.717) is 0 Å². The van der Waals surface area contributed by atoms with Crippen molar-refractivity contribution in [2.24, 2.45) is 0 Å². The second-order valence-corrected chi connectivity index (χ2v) is 6.54. The largest absolute Gasteiger partial charge is 0.417 e. The average molecular weight is 439 g/mol. The highest BCUT2D eigenvalue weighted by atomic mass is 35.5. The van der Waals surface area contributed by atoms with Crippen LogP contribution in [-0.2, 0) is 6.18 Å². The Morgan fingerprint density at radius 1 is 1.14 bits per heavy atom. The number of nitrogens with one attached hydrogen (secondary N) is 1. The van der Waals surface area contributed by atoms with Crippen LogP contribution in [0.25, 0.3) is 5.82 Å². The van der Waals surface area contributed by atoms with Crippen molar-refractivity contribution >= 4 is 30.7 Å². The van der Waals surface area contributed by atoms with Gasteiger partial charge in [0.2, 0.25) is 0 Å². The van der Waals surface area contributed by atoms with Gasteiger partial charge in [-0.15, -0.1) is 29.9 Å². The van der Waals surface area contributed by atoms with Crippen molar-refractivity contribution in [3.05, 3.63) is 35.8 Å². The van der Waals surface area contributed by atoms with E-state index in [0.717, 1.165) is 44.6 Å². The Labute approximate surface area is 171 Å². The maximum atomic E-state index is 12.9. The number of amides is 1. The molecular formula is C16H19Cl2F3N6O. The SMILES string of the molecule is Cl.Cl.O=C(c1cn(-c2ccc(C(F)(F)F)cn2)nn1)N1C2CCNCC1CC2. The third-order valence-corrected chi connectivity index (χ3v) is 4.91. The van der Waals surface area contributed by atoms with E-state index in [4.69, 9.17) is 0 Å². The molecule has 4 rings (SSSR count). The van der Waals surface area contributed by atoms with Gasteiger partial charge in [0.15, 0.2) is 11.5 Å². The van der Waals surface area contributed by atoms with Gasteiger partial charge in [0.05, 0.1) is 11.8 Å². The van der Waals surface area contributed by atoms with E-state index >= 15 is 0 Å². The van der Waals surface area contributed by atoms with Gasteiger partial charge in [-0.2, -0.15) is 13.2 Å². The number of hydrogen-bond acceptors (Lipinski definition) is 5. The summed E-state index contributed by atoms with van der Waals surface area (Å²) in [5.41, 5.74) is -0.670. The quantitative estimate of drug-likeness (QED) is 0.779. The Morgan fingerprint density at radius 2 is 1.89 bits per heavy atom. The molecule has 2 fully saturated rings. The molecule has 2 saturated heterocycles. The Hall–Kier alpha value is -1.91. The smallest absolute Gasteiger partial charge is 0.330 e. The summed E-state index contributed by atoms with van der Waals surface area (Å²) in [4.78, 5) is 18.5. The third-order valence-electron chi connectivity index (χ3n) is 4.91. The van der Waals surface area contributed by atoms with E-state index in [1.165, 1.54) is 16.9 Å².